The number of hydrogen-bond acceptors (Lipinski definition) is 2. The zero-order valence-electron chi connectivity index (χ0n) is 14.5. The van der Waals surface area contributed by atoms with Crippen LogP contribution in [0.3, 0.4) is 0 Å². The molecule has 0 bridgehead atoms. The molecule has 0 N–H and O–H groups in total. The Morgan fingerprint density at radius 1 is 0.962 bits per heavy atom. The highest BCUT2D eigenvalue weighted by molar-refractivity contribution is 6.33. The zero-order chi connectivity index (χ0) is 18.7. The van der Waals surface area contributed by atoms with Gasteiger partial charge in [-0.05, 0) is 37.6 Å². The molecule has 0 unspecified atom stereocenters. The third-order valence-corrected chi connectivity index (χ3v) is 4.83. The van der Waals surface area contributed by atoms with Crippen LogP contribution >= 0.6 is 11.6 Å². The molecule has 1 aliphatic rings. The van der Waals surface area contributed by atoms with Crippen molar-refractivity contribution in [1.29, 1.82) is 0 Å². The summed E-state index contributed by atoms with van der Waals surface area (Å²) in [7, 11) is 0. The van der Waals surface area contributed by atoms with Crippen molar-refractivity contribution in [2.75, 3.05) is 26.2 Å². The number of hydrogen-bond donors (Lipinski definition) is 0. The summed E-state index contributed by atoms with van der Waals surface area (Å²) in [6, 6.07) is 11.7. The monoisotopic (exact) mass is 374 g/mol. The molecule has 0 saturated carbocycles. The second kappa shape index (κ2) is 7.87. The Bertz CT molecular complexity index is 820. The minimum absolute atomic E-state index is 0.0491. The largest absolute Gasteiger partial charge is 0.337 e. The van der Waals surface area contributed by atoms with Crippen molar-refractivity contribution < 1.29 is 14.0 Å². The van der Waals surface area contributed by atoms with E-state index in [4.69, 9.17) is 11.6 Å². The van der Waals surface area contributed by atoms with Crippen molar-refractivity contribution in [1.82, 2.24) is 9.80 Å². The molecule has 2 amide bonds. The Morgan fingerprint density at radius 2 is 1.62 bits per heavy atom. The van der Waals surface area contributed by atoms with Gasteiger partial charge in [-0.1, -0.05) is 35.4 Å². The van der Waals surface area contributed by atoms with Gasteiger partial charge in [0, 0.05) is 31.7 Å². The molecule has 1 saturated heterocycles. The maximum Gasteiger partial charge on any atom is 0.258 e. The van der Waals surface area contributed by atoms with Crippen molar-refractivity contribution in [2.24, 2.45) is 0 Å². The highest BCUT2D eigenvalue weighted by atomic mass is 35.5. The topological polar surface area (TPSA) is 40.6 Å². The average molecular weight is 375 g/mol. The Labute approximate surface area is 157 Å². The van der Waals surface area contributed by atoms with Crippen LogP contribution in [0.2, 0.25) is 5.02 Å². The number of nitrogens with zero attached hydrogens (tertiary/aromatic N) is 2. The van der Waals surface area contributed by atoms with Gasteiger partial charge in [0.25, 0.3) is 11.8 Å². The molecule has 0 spiro atoms. The number of aryl methyl sites for hydroxylation is 1. The SMILES string of the molecule is Cc1cccc(C(=O)N2CCCN(C(=O)c3c(F)cccc3Cl)CC2)c1. The second-order valence-corrected chi connectivity index (χ2v) is 6.81. The fraction of sp³-hybridized carbons (Fsp3) is 0.300. The fourth-order valence-corrected chi connectivity index (χ4v) is 3.39. The lowest BCUT2D eigenvalue weighted by molar-refractivity contribution is 0.0716. The van der Waals surface area contributed by atoms with Crippen LogP contribution in [0.25, 0.3) is 0 Å². The van der Waals surface area contributed by atoms with E-state index in [0.29, 0.717) is 38.2 Å². The van der Waals surface area contributed by atoms with Gasteiger partial charge in [0.05, 0.1) is 10.6 Å². The van der Waals surface area contributed by atoms with E-state index < -0.39 is 11.7 Å². The summed E-state index contributed by atoms with van der Waals surface area (Å²) in [6.45, 7) is 3.71. The third-order valence-electron chi connectivity index (χ3n) is 4.51. The molecule has 2 aromatic carbocycles. The summed E-state index contributed by atoms with van der Waals surface area (Å²) >= 11 is 6.01. The van der Waals surface area contributed by atoms with Crippen LogP contribution < -0.4 is 0 Å². The van der Waals surface area contributed by atoms with Crippen LogP contribution in [0, 0.1) is 12.7 Å². The van der Waals surface area contributed by atoms with Crippen molar-refractivity contribution in [2.45, 2.75) is 13.3 Å². The second-order valence-electron chi connectivity index (χ2n) is 6.40. The van der Waals surface area contributed by atoms with Crippen LogP contribution in [-0.2, 0) is 0 Å². The molecule has 6 heteroatoms. The maximum absolute atomic E-state index is 14.0. The molecule has 3 rings (SSSR count). The van der Waals surface area contributed by atoms with E-state index in [1.165, 1.54) is 18.2 Å². The quantitative estimate of drug-likeness (QED) is 0.802. The van der Waals surface area contributed by atoms with Crippen LogP contribution in [0.4, 0.5) is 4.39 Å². The van der Waals surface area contributed by atoms with Gasteiger partial charge in [-0.25, -0.2) is 4.39 Å². The van der Waals surface area contributed by atoms with Gasteiger partial charge >= 0.3 is 0 Å². The van der Waals surface area contributed by atoms with Crippen molar-refractivity contribution in [3.8, 4) is 0 Å². The first kappa shape index (κ1) is 18.4. The van der Waals surface area contributed by atoms with Crippen molar-refractivity contribution in [3.63, 3.8) is 0 Å². The lowest BCUT2D eigenvalue weighted by atomic mass is 10.1. The fourth-order valence-electron chi connectivity index (χ4n) is 3.14. The van der Waals surface area contributed by atoms with Gasteiger partial charge in [-0.3, -0.25) is 9.59 Å². The molecule has 0 aromatic heterocycles. The summed E-state index contributed by atoms with van der Waals surface area (Å²) < 4.78 is 14.0. The molecule has 0 atom stereocenters. The molecule has 4 nitrogen and oxygen atoms in total. The summed E-state index contributed by atoms with van der Waals surface area (Å²) in [5.41, 5.74) is 1.56. The maximum atomic E-state index is 14.0. The molecular weight excluding hydrogens is 355 g/mol. The Balaban J connectivity index is 1.72. The van der Waals surface area contributed by atoms with Gasteiger partial charge in [0.15, 0.2) is 0 Å². The van der Waals surface area contributed by atoms with E-state index in [1.807, 2.05) is 25.1 Å². The summed E-state index contributed by atoms with van der Waals surface area (Å²) in [4.78, 5) is 28.7. The average Bonchev–Trinajstić information content (AvgIpc) is 2.87. The summed E-state index contributed by atoms with van der Waals surface area (Å²) in [6.07, 6.45) is 0.634. The molecule has 2 aromatic rings. The van der Waals surface area contributed by atoms with Crippen LogP contribution in [0.1, 0.15) is 32.7 Å². The molecule has 0 aliphatic carbocycles. The van der Waals surface area contributed by atoms with Gasteiger partial charge in [-0.15, -0.1) is 0 Å². The number of carbonyl (C=O) groups is 2. The number of carbonyl (C=O) groups excluding carboxylic acids is 2. The van der Waals surface area contributed by atoms with Crippen LogP contribution in [0.5, 0.6) is 0 Å². The van der Waals surface area contributed by atoms with E-state index in [1.54, 1.807) is 15.9 Å². The number of halogens is 2. The van der Waals surface area contributed by atoms with Crippen LogP contribution in [0.15, 0.2) is 42.5 Å². The molecule has 0 radical (unpaired) electrons. The van der Waals surface area contributed by atoms with Gasteiger partial charge in [0.1, 0.15) is 5.82 Å². The summed E-state index contributed by atoms with van der Waals surface area (Å²) in [5.74, 6) is -1.11. The number of rotatable bonds is 2. The first-order valence-corrected chi connectivity index (χ1v) is 8.94. The van der Waals surface area contributed by atoms with Gasteiger partial charge < -0.3 is 9.80 Å². The lowest BCUT2D eigenvalue weighted by Crippen LogP contribution is -2.37. The highest BCUT2D eigenvalue weighted by Crippen LogP contribution is 2.22. The molecule has 1 fully saturated rings. The molecule has 1 aliphatic heterocycles. The Kier molecular flexibility index (Phi) is 5.57. The normalized spacial score (nSPS) is 14.9. The van der Waals surface area contributed by atoms with E-state index in [9.17, 15) is 14.0 Å². The molecule has 1 heterocycles. The number of amides is 2. The molecular formula is C20H20ClFN2O2. The number of benzene rings is 2. The summed E-state index contributed by atoms with van der Waals surface area (Å²) in [5, 5.41) is 0.104. The van der Waals surface area contributed by atoms with E-state index in [0.717, 1.165) is 5.56 Å². The van der Waals surface area contributed by atoms with Crippen molar-refractivity contribution >= 4 is 23.4 Å². The lowest BCUT2D eigenvalue weighted by Gasteiger charge is -2.23. The molecule has 26 heavy (non-hydrogen) atoms. The minimum atomic E-state index is -0.626. The van der Waals surface area contributed by atoms with Crippen molar-refractivity contribution in [3.05, 3.63) is 70.0 Å². The first-order chi connectivity index (χ1) is 12.5. The van der Waals surface area contributed by atoms with E-state index in [2.05, 4.69) is 0 Å². The highest BCUT2D eigenvalue weighted by Gasteiger charge is 2.26. The predicted molar refractivity (Wildman–Crippen MR) is 99.0 cm³/mol. The smallest absolute Gasteiger partial charge is 0.258 e. The van der Waals surface area contributed by atoms with Gasteiger partial charge in [-0.2, -0.15) is 0 Å². The first-order valence-electron chi connectivity index (χ1n) is 8.56. The third kappa shape index (κ3) is 3.88. The molecule has 136 valence electrons. The minimum Gasteiger partial charge on any atom is -0.337 e. The van der Waals surface area contributed by atoms with Crippen LogP contribution in [-0.4, -0.2) is 47.8 Å². The Hall–Kier alpha value is -2.40. The Morgan fingerprint density at radius 3 is 2.27 bits per heavy atom. The van der Waals surface area contributed by atoms with E-state index in [-0.39, 0.29) is 16.5 Å². The zero-order valence-corrected chi connectivity index (χ0v) is 15.3. The predicted octanol–water partition coefficient (Wildman–Crippen LogP) is 3.78. The van der Waals surface area contributed by atoms with Gasteiger partial charge in [0.2, 0.25) is 0 Å². The van der Waals surface area contributed by atoms with E-state index >= 15 is 0 Å². The standard InChI is InChI=1S/C20H20ClFN2O2/c1-14-5-2-6-15(13-14)19(25)23-9-4-10-24(12-11-23)20(26)18-16(21)7-3-8-17(18)22/h2-3,5-8,13H,4,9-12H2,1H3.